The lowest BCUT2D eigenvalue weighted by atomic mass is 9.71. The third-order valence-corrected chi connectivity index (χ3v) is 4.35. The van der Waals surface area contributed by atoms with E-state index in [-0.39, 0.29) is 0 Å². The maximum atomic E-state index is 1.62. The lowest BCUT2D eigenvalue weighted by molar-refractivity contribution is 0.154. The van der Waals surface area contributed by atoms with Gasteiger partial charge >= 0.3 is 0 Å². The van der Waals surface area contributed by atoms with E-state index in [0.29, 0.717) is 0 Å². The SMILES string of the molecule is C1C[C@@H]2C[C@H](C1)C1CCC12. The molecule has 3 aliphatic rings. The first kappa shape index (κ1) is 5.62. The van der Waals surface area contributed by atoms with E-state index in [2.05, 4.69) is 0 Å². The predicted octanol–water partition coefficient (Wildman–Crippen LogP) is 2.83. The molecule has 56 valence electrons. The molecule has 3 aliphatic carbocycles. The van der Waals surface area contributed by atoms with Crippen LogP contribution in [0.1, 0.15) is 38.5 Å². The second-order valence-electron chi connectivity index (χ2n) is 4.59. The summed E-state index contributed by atoms with van der Waals surface area (Å²) in [4.78, 5) is 0. The number of fused-ring (bicyclic) bond motifs is 5. The molecular weight excluding hydrogens is 120 g/mol. The fraction of sp³-hybridized carbons (Fsp3) is 1.00. The molecule has 0 amide bonds. The topological polar surface area (TPSA) is 0 Å². The van der Waals surface area contributed by atoms with Gasteiger partial charge in [0.05, 0.1) is 0 Å². The largest absolute Gasteiger partial charge is 0.0528 e. The van der Waals surface area contributed by atoms with Gasteiger partial charge in [0.15, 0.2) is 0 Å². The van der Waals surface area contributed by atoms with Crippen LogP contribution in [0.25, 0.3) is 0 Å². The van der Waals surface area contributed by atoms with Crippen molar-refractivity contribution in [3.8, 4) is 0 Å². The molecule has 0 aliphatic heterocycles. The normalized spacial score (nSPS) is 57.6. The van der Waals surface area contributed by atoms with E-state index in [1.165, 1.54) is 23.7 Å². The molecule has 3 saturated carbocycles. The monoisotopic (exact) mass is 136 g/mol. The molecule has 0 saturated heterocycles. The molecule has 4 atom stereocenters. The second-order valence-corrected chi connectivity index (χ2v) is 4.59. The Balaban J connectivity index is 1.89. The van der Waals surface area contributed by atoms with Gasteiger partial charge in [-0.25, -0.2) is 0 Å². The zero-order valence-corrected chi connectivity index (χ0v) is 6.55. The predicted molar refractivity (Wildman–Crippen MR) is 41.7 cm³/mol. The summed E-state index contributed by atoms with van der Waals surface area (Å²) in [5.74, 6) is 4.81. The number of hydrogen-bond donors (Lipinski definition) is 0. The Kier molecular flexibility index (Phi) is 1.00. The van der Waals surface area contributed by atoms with Gasteiger partial charge in [0.25, 0.3) is 0 Å². The molecule has 2 unspecified atom stereocenters. The standard InChI is InChI=1S/C10H16/c1-2-7-6-8(3-1)10-5-4-9(7)10/h7-10H,1-6H2/t7-,8+,9?,10?. The summed E-state index contributed by atoms with van der Waals surface area (Å²) in [5.41, 5.74) is 0. The summed E-state index contributed by atoms with van der Waals surface area (Å²) in [7, 11) is 0. The van der Waals surface area contributed by atoms with Crippen molar-refractivity contribution in [2.24, 2.45) is 23.7 Å². The fourth-order valence-corrected chi connectivity index (χ4v) is 3.77. The van der Waals surface area contributed by atoms with Crippen molar-refractivity contribution in [3.63, 3.8) is 0 Å². The van der Waals surface area contributed by atoms with Gasteiger partial charge in [0.1, 0.15) is 0 Å². The van der Waals surface area contributed by atoms with Crippen LogP contribution in [-0.2, 0) is 0 Å². The molecule has 0 nitrogen and oxygen atoms in total. The zero-order chi connectivity index (χ0) is 6.55. The van der Waals surface area contributed by atoms with Crippen LogP contribution in [0, 0.1) is 23.7 Å². The first-order valence-electron chi connectivity index (χ1n) is 4.95. The molecule has 10 heavy (non-hydrogen) atoms. The van der Waals surface area contributed by atoms with Crippen LogP contribution in [0.2, 0.25) is 0 Å². The van der Waals surface area contributed by atoms with Gasteiger partial charge in [0, 0.05) is 0 Å². The van der Waals surface area contributed by atoms with Crippen LogP contribution in [0.3, 0.4) is 0 Å². The third-order valence-electron chi connectivity index (χ3n) is 4.35. The Morgan fingerprint density at radius 1 is 0.700 bits per heavy atom. The molecule has 0 heterocycles. The van der Waals surface area contributed by atoms with Gasteiger partial charge in [0.2, 0.25) is 0 Å². The average molecular weight is 136 g/mol. The van der Waals surface area contributed by atoms with Crippen molar-refractivity contribution in [1.29, 1.82) is 0 Å². The highest BCUT2D eigenvalue weighted by Gasteiger charge is 2.49. The van der Waals surface area contributed by atoms with Gasteiger partial charge < -0.3 is 0 Å². The zero-order valence-electron chi connectivity index (χ0n) is 6.55. The summed E-state index contributed by atoms with van der Waals surface area (Å²) in [6, 6.07) is 0. The molecular formula is C10H16. The molecule has 0 heteroatoms. The highest BCUT2D eigenvalue weighted by atomic mass is 14.5. The quantitative estimate of drug-likeness (QED) is 0.480. The Bertz CT molecular complexity index is 130. The maximum Gasteiger partial charge on any atom is -0.0355 e. The Morgan fingerprint density at radius 2 is 1.30 bits per heavy atom. The smallest absolute Gasteiger partial charge is 0.0355 e. The maximum absolute atomic E-state index is 1.62. The van der Waals surface area contributed by atoms with Crippen LogP contribution in [0.5, 0.6) is 0 Å². The van der Waals surface area contributed by atoms with Crippen LogP contribution in [-0.4, -0.2) is 0 Å². The van der Waals surface area contributed by atoms with Crippen LogP contribution in [0.4, 0.5) is 0 Å². The lowest BCUT2D eigenvalue weighted by Crippen LogP contribution is -2.26. The minimum absolute atomic E-state index is 1.19. The molecule has 0 N–H and O–H groups in total. The van der Waals surface area contributed by atoms with Gasteiger partial charge in [-0.2, -0.15) is 0 Å². The van der Waals surface area contributed by atoms with E-state index >= 15 is 0 Å². The molecule has 0 aromatic carbocycles. The molecule has 0 aromatic rings. The van der Waals surface area contributed by atoms with Gasteiger partial charge in [-0.3, -0.25) is 0 Å². The summed E-state index contributed by atoms with van der Waals surface area (Å²) in [6.07, 6.45) is 9.52. The van der Waals surface area contributed by atoms with E-state index in [1.54, 1.807) is 38.5 Å². The van der Waals surface area contributed by atoms with Gasteiger partial charge in [-0.1, -0.05) is 19.3 Å². The van der Waals surface area contributed by atoms with Crippen molar-refractivity contribution < 1.29 is 0 Å². The van der Waals surface area contributed by atoms with Crippen LogP contribution in [0.15, 0.2) is 0 Å². The first-order chi connectivity index (χ1) is 4.95. The van der Waals surface area contributed by atoms with E-state index in [4.69, 9.17) is 0 Å². The Labute approximate surface area is 63.0 Å². The molecule has 0 spiro atoms. The minimum Gasteiger partial charge on any atom is -0.0528 e. The lowest BCUT2D eigenvalue weighted by Gasteiger charge is -2.34. The summed E-state index contributed by atoms with van der Waals surface area (Å²) >= 11 is 0. The fourth-order valence-electron chi connectivity index (χ4n) is 3.77. The van der Waals surface area contributed by atoms with E-state index in [0.717, 1.165) is 0 Å². The van der Waals surface area contributed by atoms with Crippen molar-refractivity contribution in [3.05, 3.63) is 0 Å². The molecule has 3 fully saturated rings. The number of hydrogen-bond acceptors (Lipinski definition) is 0. The summed E-state index contributed by atoms with van der Waals surface area (Å²) in [6.45, 7) is 0. The molecule has 0 aromatic heterocycles. The summed E-state index contributed by atoms with van der Waals surface area (Å²) in [5, 5.41) is 0. The Morgan fingerprint density at radius 3 is 1.80 bits per heavy atom. The van der Waals surface area contributed by atoms with Gasteiger partial charge in [-0.15, -0.1) is 0 Å². The third kappa shape index (κ3) is 0.538. The number of rotatable bonds is 0. The van der Waals surface area contributed by atoms with Crippen LogP contribution < -0.4 is 0 Å². The van der Waals surface area contributed by atoms with E-state index in [9.17, 15) is 0 Å². The first-order valence-corrected chi connectivity index (χ1v) is 4.95. The Hall–Kier alpha value is 0. The van der Waals surface area contributed by atoms with Crippen molar-refractivity contribution in [2.75, 3.05) is 0 Å². The highest BCUT2D eigenvalue weighted by molar-refractivity contribution is 4.99. The van der Waals surface area contributed by atoms with Crippen molar-refractivity contribution >= 4 is 0 Å². The highest BCUT2D eigenvalue weighted by Crippen LogP contribution is 2.58. The average Bonchev–Trinajstić information content (AvgIpc) is 1.99. The molecule has 3 rings (SSSR count). The summed E-state index contributed by atoms with van der Waals surface area (Å²) < 4.78 is 0. The van der Waals surface area contributed by atoms with Crippen molar-refractivity contribution in [2.45, 2.75) is 38.5 Å². The minimum atomic E-state index is 1.19. The second kappa shape index (κ2) is 1.78. The van der Waals surface area contributed by atoms with Gasteiger partial charge in [-0.05, 0) is 42.9 Å². The van der Waals surface area contributed by atoms with Crippen molar-refractivity contribution in [1.82, 2.24) is 0 Å². The molecule has 0 radical (unpaired) electrons. The van der Waals surface area contributed by atoms with Crippen LogP contribution >= 0.6 is 0 Å². The van der Waals surface area contributed by atoms with E-state index < -0.39 is 0 Å². The molecule has 2 bridgehead atoms. The van der Waals surface area contributed by atoms with E-state index in [1.807, 2.05) is 0 Å².